The first-order valence-electron chi connectivity index (χ1n) is 8.16. The normalized spacial score (nSPS) is 14.1. The number of nitrogens with one attached hydrogen (secondary N) is 2. The second-order valence-corrected chi connectivity index (χ2v) is 8.81. The highest BCUT2D eigenvalue weighted by Gasteiger charge is 2.26. The van der Waals surface area contributed by atoms with E-state index in [0.717, 1.165) is 37.0 Å². The number of benzene rings is 1. The smallest absolute Gasteiger partial charge is 0.356 e. The number of aromatic nitrogens is 1. The van der Waals surface area contributed by atoms with Gasteiger partial charge in [0.1, 0.15) is 3.79 Å². The molecule has 0 saturated heterocycles. The predicted octanol–water partition coefficient (Wildman–Crippen LogP) is 5.27. The van der Waals surface area contributed by atoms with E-state index >= 15 is 0 Å². The summed E-state index contributed by atoms with van der Waals surface area (Å²) in [7, 11) is 0. The molecule has 0 bridgehead atoms. The maximum atomic E-state index is 12.8. The maximum absolute atomic E-state index is 12.8. The van der Waals surface area contributed by atoms with Crippen molar-refractivity contribution >= 4 is 67.5 Å². The highest BCUT2D eigenvalue weighted by molar-refractivity contribution is 9.11. The molecule has 1 fully saturated rings. The Morgan fingerprint density at radius 2 is 1.93 bits per heavy atom. The Balaban J connectivity index is 1.76. The fourth-order valence-corrected chi connectivity index (χ4v) is 4.55. The van der Waals surface area contributed by atoms with E-state index in [1.54, 1.807) is 18.2 Å². The third-order valence-corrected chi connectivity index (χ3v) is 6.09. The molecule has 3 N–H and O–H groups in total. The van der Waals surface area contributed by atoms with Crippen LogP contribution in [0, 0.1) is 5.92 Å². The van der Waals surface area contributed by atoms with Crippen molar-refractivity contribution < 1.29 is 19.5 Å². The van der Waals surface area contributed by atoms with Crippen molar-refractivity contribution in [3.8, 4) is 0 Å². The van der Waals surface area contributed by atoms with Crippen LogP contribution in [0.15, 0.2) is 22.0 Å². The molecule has 27 heavy (non-hydrogen) atoms. The summed E-state index contributed by atoms with van der Waals surface area (Å²) in [5.41, 5.74) is 0.540. The number of aromatic carboxylic acids is 1. The van der Waals surface area contributed by atoms with Crippen molar-refractivity contribution in [3.63, 3.8) is 0 Å². The molecule has 1 aromatic carbocycles. The van der Waals surface area contributed by atoms with Crippen molar-refractivity contribution in [2.75, 3.05) is 10.6 Å². The maximum Gasteiger partial charge on any atom is 0.356 e. The van der Waals surface area contributed by atoms with Crippen LogP contribution in [0.2, 0.25) is 5.02 Å². The lowest BCUT2D eigenvalue weighted by Crippen LogP contribution is -2.22. The number of rotatable bonds is 5. The van der Waals surface area contributed by atoms with E-state index in [0.29, 0.717) is 20.1 Å². The number of amides is 2. The number of urea groups is 1. The fourth-order valence-electron chi connectivity index (χ4n) is 2.97. The lowest BCUT2D eigenvalue weighted by Gasteiger charge is -2.14. The van der Waals surface area contributed by atoms with E-state index < -0.39 is 12.0 Å². The number of halogens is 2. The number of hydrogen-bond acceptors (Lipinski definition) is 5. The second kappa shape index (κ2) is 8.37. The quantitative estimate of drug-likeness (QED) is 0.513. The average Bonchev–Trinajstić information content (AvgIpc) is 3.25. The van der Waals surface area contributed by atoms with Gasteiger partial charge in [0.25, 0.3) is 0 Å². The van der Waals surface area contributed by atoms with E-state index in [1.807, 2.05) is 0 Å². The zero-order valence-electron chi connectivity index (χ0n) is 13.9. The van der Waals surface area contributed by atoms with Crippen molar-refractivity contribution in [1.29, 1.82) is 0 Å². The number of ketones is 1. The molecule has 0 radical (unpaired) electrons. The summed E-state index contributed by atoms with van der Waals surface area (Å²) in [6.07, 6.45) is 3.71. The van der Waals surface area contributed by atoms with Crippen molar-refractivity contribution in [1.82, 2.24) is 4.98 Å². The van der Waals surface area contributed by atoms with Gasteiger partial charge in [-0.05, 0) is 47.0 Å². The Hall–Kier alpha value is -1.97. The number of carboxylic acid groups (broad SMARTS) is 1. The summed E-state index contributed by atoms with van der Waals surface area (Å²) in [6, 6.07) is 4.09. The third kappa shape index (κ3) is 4.66. The van der Waals surface area contributed by atoms with E-state index in [4.69, 9.17) is 16.7 Å². The highest BCUT2D eigenvalue weighted by Crippen LogP contribution is 2.32. The molecule has 1 heterocycles. The largest absolute Gasteiger partial charge is 0.476 e. The van der Waals surface area contributed by atoms with Gasteiger partial charge < -0.3 is 10.4 Å². The van der Waals surface area contributed by atoms with E-state index in [1.165, 1.54) is 0 Å². The first kappa shape index (κ1) is 19.8. The summed E-state index contributed by atoms with van der Waals surface area (Å²) in [5, 5.41) is 14.6. The van der Waals surface area contributed by atoms with Crippen molar-refractivity contribution in [2.45, 2.75) is 25.7 Å². The van der Waals surface area contributed by atoms with Gasteiger partial charge in [0.05, 0.1) is 5.69 Å². The first-order valence-corrected chi connectivity index (χ1v) is 10.2. The Morgan fingerprint density at radius 3 is 2.56 bits per heavy atom. The SMILES string of the molecule is O=C(Nc1nc(C(=O)O)c(Br)s1)Nc1ccc(Cl)cc1C(=O)C1CCCC1. The second-order valence-electron chi connectivity index (χ2n) is 6.06. The predicted molar refractivity (Wildman–Crippen MR) is 107 cm³/mol. The van der Waals surface area contributed by atoms with Gasteiger partial charge in [-0.1, -0.05) is 35.8 Å². The molecule has 2 amide bonds. The Labute approximate surface area is 172 Å². The van der Waals surface area contributed by atoms with Crippen LogP contribution >= 0.6 is 38.9 Å². The molecule has 7 nitrogen and oxygen atoms in total. The van der Waals surface area contributed by atoms with E-state index in [-0.39, 0.29) is 22.5 Å². The number of carbonyl (C=O) groups is 3. The summed E-state index contributed by atoms with van der Waals surface area (Å²) in [6.45, 7) is 0. The Morgan fingerprint density at radius 1 is 1.22 bits per heavy atom. The van der Waals surface area contributed by atoms with Gasteiger partial charge >= 0.3 is 12.0 Å². The molecule has 1 aliphatic rings. The van der Waals surface area contributed by atoms with Crippen LogP contribution in [-0.4, -0.2) is 27.9 Å². The molecule has 142 valence electrons. The van der Waals surface area contributed by atoms with Crippen molar-refractivity contribution in [2.24, 2.45) is 5.92 Å². The molecular formula is C17H15BrClN3O4S. The number of anilines is 2. The van der Waals surface area contributed by atoms with Gasteiger partial charge in [-0.15, -0.1) is 0 Å². The zero-order valence-corrected chi connectivity index (χ0v) is 17.1. The van der Waals surface area contributed by atoms with Gasteiger partial charge in [0, 0.05) is 16.5 Å². The summed E-state index contributed by atoms with van der Waals surface area (Å²) >= 11 is 10.1. The number of carboxylic acids is 1. The molecule has 0 unspecified atom stereocenters. The minimum absolute atomic E-state index is 0.0320. The average molecular weight is 473 g/mol. The van der Waals surface area contributed by atoms with Gasteiger partial charge in [0.15, 0.2) is 16.6 Å². The van der Waals surface area contributed by atoms with Crippen LogP contribution < -0.4 is 10.6 Å². The molecule has 1 aromatic heterocycles. The molecule has 2 aromatic rings. The minimum atomic E-state index is -1.20. The van der Waals surface area contributed by atoms with Crippen LogP contribution in [0.25, 0.3) is 0 Å². The van der Waals surface area contributed by atoms with E-state index in [9.17, 15) is 14.4 Å². The van der Waals surface area contributed by atoms with Gasteiger partial charge in [-0.2, -0.15) is 0 Å². The minimum Gasteiger partial charge on any atom is -0.476 e. The number of nitrogens with zero attached hydrogens (tertiary/aromatic N) is 1. The molecule has 3 rings (SSSR count). The molecule has 0 aliphatic heterocycles. The van der Waals surface area contributed by atoms with E-state index in [2.05, 4.69) is 31.5 Å². The molecule has 1 saturated carbocycles. The monoisotopic (exact) mass is 471 g/mol. The number of carbonyl (C=O) groups excluding carboxylic acids is 2. The lowest BCUT2D eigenvalue weighted by atomic mass is 9.95. The van der Waals surface area contributed by atoms with Crippen LogP contribution in [-0.2, 0) is 0 Å². The summed E-state index contributed by atoms with van der Waals surface area (Å²) in [4.78, 5) is 39.9. The molecule has 0 spiro atoms. The standard InChI is InChI=1S/C17H15BrClN3O4S/c18-14-12(15(24)25)21-17(27-14)22-16(26)20-11-6-5-9(19)7-10(11)13(23)8-3-1-2-4-8/h5-8H,1-4H2,(H,24,25)(H2,20,21,22,26). The van der Waals surface area contributed by atoms with Gasteiger partial charge in [0.2, 0.25) is 0 Å². The molecular weight excluding hydrogens is 458 g/mol. The molecule has 10 heteroatoms. The number of hydrogen-bond donors (Lipinski definition) is 3. The van der Waals surface area contributed by atoms with Crippen LogP contribution in [0.4, 0.5) is 15.6 Å². The first-order chi connectivity index (χ1) is 12.8. The Bertz CT molecular complexity index is 912. The van der Waals surface area contributed by atoms with Gasteiger partial charge in [-0.25, -0.2) is 14.6 Å². The summed E-state index contributed by atoms with van der Waals surface area (Å²) in [5.74, 6) is -1.29. The van der Waals surface area contributed by atoms with Crippen LogP contribution in [0.1, 0.15) is 46.5 Å². The lowest BCUT2D eigenvalue weighted by molar-refractivity contribution is 0.0690. The Kier molecular flexibility index (Phi) is 6.13. The topological polar surface area (TPSA) is 108 Å². The van der Waals surface area contributed by atoms with Crippen LogP contribution in [0.5, 0.6) is 0 Å². The summed E-state index contributed by atoms with van der Waals surface area (Å²) < 4.78 is 0.300. The number of thiazole rings is 1. The highest BCUT2D eigenvalue weighted by atomic mass is 79.9. The van der Waals surface area contributed by atoms with Gasteiger partial charge in [-0.3, -0.25) is 10.1 Å². The third-order valence-electron chi connectivity index (χ3n) is 4.23. The van der Waals surface area contributed by atoms with Crippen molar-refractivity contribution in [3.05, 3.63) is 38.3 Å². The number of Topliss-reactive ketones (excluding diaryl/α,β-unsaturated/α-hetero) is 1. The fraction of sp³-hybridized carbons (Fsp3) is 0.294. The molecule has 0 atom stereocenters. The molecule has 1 aliphatic carbocycles. The zero-order chi connectivity index (χ0) is 19.6. The van der Waals surface area contributed by atoms with Crippen LogP contribution in [0.3, 0.4) is 0 Å².